The van der Waals surface area contributed by atoms with Gasteiger partial charge >= 0.3 is 89.0 Å². The zero-order chi connectivity index (χ0) is 16.8. The molecule has 9 heteroatoms. The molecule has 0 saturated heterocycles. The van der Waals surface area contributed by atoms with Gasteiger partial charge in [0.1, 0.15) is 16.5 Å². The van der Waals surface area contributed by atoms with Gasteiger partial charge in [0.05, 0.1) is 0 Å². The molecular formula is C13H15ClO5P2Sn. The number of halogens is 1. The molecule has 5 nitrogen and oxygen atoms in total. The van der Waals surface area contributed by atoms with Gasteiger partial charge in [-0.2, -0.15) is 0 Å². The molecule has 0 spiro atoms. The van der Waals surface area contributed by atoms with Crippen LogP contribution in [0.5, 0.6) is 0 Å². The second-order valence-electron chi connectivity index (χ2n) is 3.46. The zero-order valence-electron chi connectivity index (χ0n) is 11.7. The van der Waals surface area contributed by atoms with E-state index in [2.05, 4.69) is 76.6 Å². The molecule has 0 bridgehead atoms. The second-order valence-corrected chi connectivity index (χ2v) is 9.28. The Morgan fingerprint density at radius 1 is 0.818 bits per heavy atom. The first-order valence-corrected chi connectivity index (χ1v) is 12.0. The Balaban J connectivity index is 0.000000421. The minimum absolute atomic E-state index is 0.517. The summed E-state index contributed by atoms with van der Waals surface area (Å²) >= 11 is 4.12. The van der Waals surface area contributed by atoms with E-state index in [9.17, 15) is 18.9 Å². The fourth-order valence-electron chi connectivity index (χ4n) is 1.28. The van der Waals surface area contributed by atoms with Gasteiger partial charge in [-0.25, -0.2) is 0 Å². The molecule has 2 aromatic rings. The minimum atomic E-state index is -3.51. The van der Waals surface area contributed by atoms with Crippen LogP contribution in [-0.2, 0) is 13.4 Å². The van der Waals surface area contributed by atoms with Crippen molar-refractivity contribution in [1.82, 2.24) is 0 Å². The molecule has 0 aromatic heterocycles. The van der Waals surface area contributed by atoms with Crippen molar-refractivity contribution in [2.24, 2.45) is 0 Å². The molecule has 2 rings (SSSR count). The van der Waals surface area contributed by atoms with Gasteiger partial charge in [-0.15, -0.1) is 11.6 Å². The van der Waals surface area contributed by atoms with E-state index in [1.54, 1.807) is 0 Å². The SMILES string of the molecule is CCl.O=[PH]([O-])O[PH](=O)[O-].c1cc[c]([Sn+2][c]2ccccc2)cc1. The second kappa shape index (κ2) is 14.5. The summed E-state index contributed by atoms with van der Waals surface area (Å²) in [5, 5.41) is 0. The van der Waals surface area contributed by atoms with Gasteiger partial charge in [0.2, 0.25) is 0 Å². The molecule has 0 aliphatic heterocycles. The van der Waals surface area contributed by atoms with Crippen molar-refractivity contribution < 1.29 is 23.2 Å². The van der Waals surface area contributed by atoms with Crippen LogP contribution < -0.4 is 16.9 Å². The van der Waals surface area contributed by atoms with E-state index in [1.165, 1.54) is 13.5 Å². The number of hydrogen-bond donors (Lipinski definition) is 0. The summed E-state index contributed by atoms with van der Waals surface area (Å²) in [6, 6.07) is 21.6. The molecule has 0 heterocycles. The Kier molecular flexibility index (Phi) is 14.4. The molecule has 0 N–H and O–H groups in total. The van der Waals surface area contributed by atoms with Crippen LogP contribution in [0, 0.1) is 0 Å². The van der Waals surface area contributed by atoms with Crippen LogP contribution in [-0.4, -0.2) is 27.5 Å². The normalized spacial score (nSPS) is 11.6. The van der Waals surface area contributed by atoms with Crippen molar-refractivity contribution in [3.63, 3.8) is 0 Å². The van der Waals surface area contributed by atoms with Crippen molar-refractivity contribution in [3.8, 4) is 0 Å². The number of alkyl halides is 1. The molecule has 0 amide bonds. The van der Waals surface area contributed by atoms with Crippen molar-refractivity contribution in [2.75, 3.05) is 6.38 Å². The number of rotatable bonds is 4. The van der Waals surface area contributed by atoms with E-state index in [-0.39, 0.29) is 0 Å². The van der Waals surface area contributed by atoms with Crippen molar-refractivity contribution in [3.05, 3.63) is 60.7 Å². The van der Waals surface area contributed by atoms with Crippen molar-refractivity contribution >= 4 is 56.4 Å². The topological polar surface area (TPSA) is 89.5 Å². The van der Waals surface area contributed by atoms with Gasteiger partial charge in [-0.1, -0.05) is 0 Å². The van der Waals surface area contributed by atoms with Crippen LogP contribution in [0.3, 0.4) is 0 Å². The quantitative estimate of drug-likeness (QED) is 0.375. The van der Waals surface area contributed by atoms with Crippen LogP contribution in [0.4, 0.5) is 0 Å². The van der Waals surface area contributed by atoms with Crippen molar-refractivity contribution in [2.45, 2.75) is 0 Å². The standard InChI is InChI=1S/2C6H5.CH3Cl.H4O5P2.Sn/c2*1-2-4-6-5-3-1;1-2;1-6(2)5-7(3)4;/h2*1-5H;1H3;6-7H,(H,1,2)(H,3,4);/q;;;;+2/p-2. The first-order chi connectivity index (χ1) is 10.6. The van der Waals surface area contributed by atoms with Crippen LogP contribution in [0.25, 0.3) is 0 Å². The van der Waals surface area contributed by atoms with E-state index in [4.69, 9.17) is 0 Å². The molecule has 2 aromatic carbocycles. The molecule has 2 unspecified atom stereocenters. The number of benzene rings is 2. The molecule has 118 valence electrons. The Bertz CT molecular complexity index is 507. The Morgan fingerprint density at radius 2 is 1.14 bits per heavy atom. The summed E-state index contributed by atoms with van der Waals surface area (Å²) < 4.78 is 24.9. The third-order valence-corrected chi connectivity index (χ3v) is 6.89. The average Bonchev–Trinajstić information content (AvgIpc) is 2.50. The van der Waals surface area contributed by atoms with E-state index < -0.39 is 37.7 Å². The first-order valence-electron chi connectivity index (χ1n) is 5.92. The Labute approximate surface area is 146 Å². The molecule has 0 radical (unpaired) electrons. The first kappa shape index (κ1) is 21.9. The molecule has 0 fully saturated rings. The van der Waals surface area contributed by atoms with Crippen LogP contribution >= 0.6 is 28.1 Å². The summed E-state index contributed by atoms with van der Waals surface area (Å²) in [7, 11) is -7.03. The molecule has 0 saturated carbocycles. The summed E-state index contributed by atoms with van der Waals surface area (Å²) in [6.07, 6.45) is 1.47. The summed E-state index contributed by atoms with van der Waals surface area (Å²) in [4.78, 5) is 18.6. The maximum absolute atomic E-state index is 9.29. The van der Waals surface area contributed by atoms with Crippen LogP contribution in [0.2, 0.25) is 0 Å². The van der Waals surface area contributed by atoms with Crippen LogP contribution in [0.15, 0.2) is 60.7 Å². The predicted octanol–water partition coefficient (Wildman–Crippen LogP) is 0.700. The van der Waals surface area contributed by atoms with Gasteiger partial charge in [0.15, 0.2) is 0 Å². The van der Waals surface area contributed by atoms with E-state index in [1.807, 2.05) is 0 Å². The zero-order valence-corrected chi connectivity index (χ0v) is 17.3. The Hall–Kier alpha value is -0.131. The molecule has 0 aliphatic rings. The summed E-state index contributed by atoms with van der Waals surface area (Å²) in [5.41, 5.74) is 0. The third kappa shape index (κ3) is 12.4. The third-order valence-electron chi connectivity index (χ3n) is 2.00. The maximum atomic E-state index is 9.29. The van der Waals surface area contributed by atoms with Gasteiger partial charge in [-0.3, -0.25) is 4.31 Å². The predicted molar refractivity (Wildman–Crippen MR) is 88.8 cm³/mol. The molecular weight excluding hydrogens is 452 g/mol. The van der Waals surface area contributed by atoms with Crippen molar-refractivity contribution in [1.29, 1.82) is 0 Å². The fraction of sp³-hybridized carbons (Fsp3) is 0.0769. The van der Waals surface area contributed by atoms with E-state index >= 15 is 0 Å². The molecule has 2 atom stereocenters. The van der Waals surface area contributed by atoms with Gasteiger partial charge in [0, 0.05) is 6.38 Å². The average molecular weight is 467 g/mol. The van der Waals surface area contributed by atoms with E-state index in [0.717, 1.165) is 0 Å². The van der Waals surface area contributed by atoms with Crippen LogP contribution in [0.1, 0.15) is 0 Å². The van der Waals surface area contributed by atoms with Gasteiger partial charge < -0.3 is 18.9 Å². The van der Waals surface area contributed by atoms with E-state index in [0.29, 0.717) is 0 Å². The molecule has 0 aliphatic carbocycles. The molecule has 22 heavy (non-hydrogen) atoms. The van der Waals surface area contributed by atoms with Gasteiger partial charge in [-0.05, 0) is 0 Å². The number of hydrogen-bond acceptors (Lipinski definition) is 5. The Morgan fingerprint density at radius 3 is 1.36 bits per heavy atom. The summed E-state index contributed by atoms with van der Waals surface area (Å²) in [5.74, 6) is 0. The summed E-state index contributed by atoms with van der Waals surface area (Å²) in [6.45, 7) is 0. The van der Waals surface area contributed by atoms with Gasteiger partial charge in [0.25, 0.3) is 0 Å². The monoisotopic (exact) mass is 468 g/mol. The fourth-order valence-corrected chi connectivity index (χ4v) is 4.82.